The average molecular weight is 386 g/mol. The summed E-state index contributed by atoms with van der Waals surface area (Å²) in [5, 5.41) is 0. The van der Waals surface area contributed by atoms with Crippen molar-refractivity contribution >= 4 is 41.6 Å². The highest BCUT2D eigenvalue weighted by molar-refractivity contribution is 7.71. The lowest BCUT2D eigenvalue weighted by Gasteiger charge is -2.25. The van der Waals surface area contributed by atoms with Gasteiger partial charge in [0.05, 0.1) is 12.9 Å². The highest BCUT2D eigenvalue weighted by atomic mass is 35.5. The second-order valence-corrected chi connectivity index (χ2v) is 6.83. The summed E-state index contributed by atoms with van der Waals surface area (Å²) in [7, 11) is 3.30. The zero-order valence-electron chi connectivity index (χ0n) is 14.6. The van der Waals surface area contributed by atoms with E-state index in [0.717, 1.165) is 19.6 Å². The number of likely N-dealkylation sites (tertiary alicyclic amines) is 1. The molecule has 0 bridgehead atoms. The first-order valence-corrected chi connectivity index (χ1v) is 8.75. The minimum atomic E-state index is -0.214. The van der Waals surface area contributed by atoms with Crippen LogP contribution in [0.2, 0.25) is 0 Å². The van der Waals surface area contributed by atoms with E-state index < -0.39 is 0 Å². The second kappa shape index (κ2) is 8.25. The Kier molecular flexibility index (Phi) is 6.53. The standard InChI is InChI=1S/C16H23N5O2S.ClH/c1-18-14-13(15(24)19(2)16(18)23)21(11-17-14)10-12(22)6-9-20-7-4-3-5-8-20;/h11H,3-10H2,1-2H3;1H. The van der Waals surface area contributed by atoms with E-state index in [1.54, 1.807) is 25.0 Å². The summed E-state index contributed by atoms with van der Waals surface area (Å²) in [4.78, 5) is 31.0. The molecule has 1 aliphatic rings. The number of aryl methyl sites for hydroxylation is 1. The molecule has 0 saturated carbocycles. The Morgan fingerprint density at radius 3 is 2.56 bits per heavy atom. The molecule has 0 aliphatic carbocycles. The van der Waals surface area contributed by atoms with Gasteiger partial charge < -0.3 is 9.47 Å². The lowest BCUT2D eigenvalue weighted by molar-refractivity contribution is -0.119. The lowest BCUT2D eigenvalue weighted by atomic mass is 10.1. The molecule has 9 heteroatoms. The van der Waals surface area contributed by atoms with Crippen molar-refractivity contribution in [2.75, 3.05) is 19.6 Å². The molecule has 2 aromatic rings. The molecule has 0 aromatic carbocycles. The van der Waals surface area contributed by atoms with Crippen LogP contribution in [0.4, 0.5) is 0 Å². The molecular formula is C16H24ClN5O2S. The van der Waals surface area contributed by atoms with Gasteiger partial charge in [-0.25, -0.2) is 9.78 Å². The Hall–Kier alpha value is -1.51. The molecule has 1 aliphatic heterocycles. The second-order valence-electron chi connectivity index (χ2n) is 6.44. The summed E-state index contributed by atoms with van der Waals surface area (Å²) in [5.74, 6) is 0.158. The molecule has 138 valence electrons. The van der Waals surface area contributed by atoms with Crippen LogP contribution >= 0.6 is 24.6 Å². The van der Waals surface area contributed by atoms with E-state index in [1.165, 1.54) is 28.4 Å². The molecule has 0 atom stereocenters. The molecule has 3 heterocycles. The molecule has 0 amide bonds. The molecule has 1 fully saturated rings. The third kappa shape index (κ3) is 4.02. The fraction of sp³-hybridized carbons (Fsp3) is 0.625. The Balaban J connectivity index is 0.00000225. The number of hydrogen-bond acceptors (Lipinski definition) is 5. The van der Waals surface area contributed by atoms with Crippen LogP contribution in [0.15, 0.2) is 11.1 Å². The zero-order valence-corrected chi connectivity index (χ0v) is 16.2. The molecular weight excluding hydrogens is 362 g/mol. The molecule has 0 unspecified atom stereocenters. The predicted octanol–water partition coefficient (Wildman–Crippen LogP) is 1.67. The monoisotopic (exact) mass is 385 g/mol. The third-order valence-corrected chi connectivity index (χ3v) is 5.19. The van der Waals surface area contributed by atoms with E-state index in [9.17, 15) is 9.59 Å². The van der Waals surface area contributed by atoms with Crippen molar-refractivity contribution in [3.63, 3.8) is 0 Å². The third-order valence-electron chi connectivity index (χ3n) is 4.72. The van der Waals surface area contributed by atoms with Gasteiger partial charge in [0, 0.05) is 27.1 Å². The molecule has 3 rings (SSSR count). The van der Waals surface area contributed by atoms with Crippen LogP contribution in [0.5, 0.6) is 0 Å². The summed E-state index contributed by atoms with van der Waals surface area (Å²) in [6.07, 6.45) is 5.88. The zero-order chi connectivity index (χ0) is 17.3. The maximum absolute atomic E-state index is 12.4. The van der Waals surface area contributed by atoms with E-state index in [4.69, 9.17) is 12.2 Å². The van der Waals surface area contributed by atoms with Crippen molar-refractivity contribution in [3.05, 3.63) is 21.5 Å². The van der Waals surface area contributed by atoms with Gasteiger partial charge in [0.15, 0.2) is 11.4 Å². The predicted molar refractivity (Wildman–Crippen MR) is 102 cm³/mol. The van der Waals surface area contributed by atoms with Crippen LogP contribution in [-0.2, 0) is 25.4 Å². The normalized spacial score (nSPS) is 15.3. The van der Waals surface area contributed by atoms with Crippen molar-refractivity contribution in [1.29, 1.82) is 0 Å². The Labute approximate surface area is 157 Å². The first-order chi connectivity index (χ1) is 11.5. The van der Waals surface area contributed by atoms with Gasteiger partial charge in [0.25, 0.3) is 0 Å². The van der Waals surface area contributed by atoms with Crippen LogP contribution in [0.1, 0.15) is 25.7 Å². The first kappa shape index (κ1) is 19.8. The maximum Gasteiger partial charge on any atom is 0.330 e. The van der Waals surface area contributed by atoms with Crippen LogP contribution in [-0.4, -0.2) is 49.0 Å². The topological polar surface area (TPSA) is 65.1 Å². The highest BCUT2D eigenvalue weighted by Crippen LogP contribution is 2.13. The first-order valence-electron chi connectivity index (χ1n) is 8.34. The van der Waals surface area contributed by atoms with Gasteiger partial charge >= 0.3 is 5.69 Å². The van der Waals surface area contributed by atoms with Gasteiger partial charge in [-0.15, -0.1) is 12.4 Å². The van der Waals surface area contributed by atoms with Gasteiger partial charge in [0.2, 0.25) is 0 Å². The fourth-order valence-corrected chi connectivity index (χ4v) is 3.54. The number of hydrogen-bond donors (Lipinski definition) is 0. The number of halogens is 1. The van der Waals surface area contributed by atoms with E-state index in [2.05, 4.69) is 9.88 Å². The molecule has 1 saturated heterocycles. The summed E-state index contributed by atoms with van der Waals surface area (Å²) < 4.78 is 5.04. The highest BCUT2D eigenvalue weighted by Gasteiger charge is 2.15. The van der Waals surface area contributed by atoms with Crippen LogP contribution in [0.25, 0.3) is 11.2 Å². The van der Waals surface area contributed by atoms with Gasteiger partial charge in [-0.1, -0.05) is 18.6 Å². The molecule has 0 radical (unpaired) electrons. The van der Waals surface area contributed by atoms with Gasteiger partial charge in [-0.2, -0.15) is 0 Å². The Morgan fingerprint density at radius 2 is 1.88 bits per heavy atom. The summed E-state index contributed by atoms with van der Waals surface area (Å²) in [6.45, 7) is 3.25. The van der Waals surface area contributed by atoms with Crippen molar-refractivity contribution in [1.82, 2.24) is 23.6 Å². The summed E-state index contributed by atoms with van der Waals surface area (Å²) in [6, 6.07) is 0. The SMILES string of the molecule is Cl.Cn1c(=S)c2c(ncn2CC(=O)CCN2CCCCC2)n(C)c1=O. The van der Waals surface area contributed by atoms with Crippen LogP contribution < -0.4 is 5.69 Å². The number of ketones is 1. The van der Waals surface area contributed by atoms with Crippen molar-refractivity contribution < 1.29 is 4.79 Å². The Morgan fingerprint density at radius 1 is 1.20 bits per heavy atom. The quantitative estimate of drug-likeness (QED) is 0.732. The number of carbonyl (C=O) groups excluding carboxylic acids is 1. The summed E-state index contributed by atoms with van der Waals surface area (Å²) in [5.41, 5.74) is 0.974. The van der Waals surface area contributed by atoms with E-state index in [0.29, 0.717) is 22.2 Å². The molecule has 25 heavy (non-hydrogen) atoms. The molecule has 7 nitrogen and oxygen atoms in total. The minimum Gasteiger partial charge on any atom is -0.319 e. The lowest BCUT2D eigenvalue weighted by Crippen LogP contribution is -2.32. The molecule has 0 N–H and O–H groups in total. The molecule has 0 spiro atoms. The van der Waals surface area contributed by atoms with Crippen molar-refractivity contribution in [3.8, 4) is 0 Å². The van der Waals surface area contributed by atoms with Gasteiger partial charge in [-0.05, 0) is 25.9 Å². The van der Waals surface area contributed by atoms with Gasteiger partial charge in [-0.3, -0.25) is 13.9 Å². The van der Waals surface area contributed by atoms with E-state index >= 15 is 0 Å². The number of rotatable bonds is 5. The number of fused-ring (bicyclic) bond motifs is 1. The van der Waals surface area contributed by atoms with E-state index in [1.807, 2.05) is 0 Å². The number of aromatic nitrogens is 4. The van der Waals surface area contributed by atoms with E-state index in [-0.39, 0.29) is 30.4 Å². The van der Waals surface area contributed by atoms with Crippen LogP contribution in [0, 0.1) is 4.64 Å². The number of piperidine rings is 1. The maximum atomic E-state index is 12.4. The average Bonchev–Trinajstić information content (AvgIpc) is 3.01. The summed E-state index contributed by atoms with van der Waals surface area (Å²) >= 11 is 5.37. The number of Topliss-reactive ketones (excluding diaryl/α,β-unsaturated/α-hetero) is 1. The fourth-order valence-electron chi connectivity index (χ4n) is 3.25. The van der Waals surface area contributed by atoms with Crippen molar-refractivity contribution in [2.45, 2.75) is 32.2 Å². The minimum absolute atomic E-state index is 0. The smallest absolute Gasteiger partial charge is 0.319 e. The van der Waals surface area contributed by atoms with Crippen LogP contribution in [0.3, 0.4) is 0 Å². The molecule has 2 aromatic heterocycles. The van der Waals surface area contributed by atoms with Crippen molar-refractivity contribution in [2.24, 2.45) is 14.1 Å². The largest absolute Gasteiger partial charge is 0.330 e. The Bertz CT molecular complexity index is 879. The number of carbonyl (C=O) groups is 1. The number of nitrogens with zero attached hydrogens (tertiary/aromatic N) is 5. The number of imidazole rings is 1. The van der Waals surface area contributed by atoms with Gasteiger partial charge in [0.1, 0.15) is 10.2 Å².